The predicted octanol–water partition coefficient (Wildman–Crippen LogP) is 2.01. The molecule has 31 heavy (non-hydrogen) atoms. The van der Waals surface area contributed by atoms with Crippen molar-refractivity contribution >= 4 is 22.0 Å². The lowest BCUT2D eigenvalue weighted by molar-refractivity contribution is -0.142. The smallest absolute Gasteiger partial charge is 0.323 e. The van der Waals surface area contributed by atoms with Crippen molar-refractivity contribution in [2.45, 2.75) is 39.0 Å². The Kier molecular flexibility index (Phi) is 7.39. The fraction of sp³-hybridized carbons (Fsp3) is 0.333. The molecule has 4 rings (SSSR count). The predicted molar refractivity (Wildman–Crippen MR) is 111 cm³/mol. The summed E-state index contributed by atoms with van der Waals surface area (Å²) in [5, 5.41) is 0. The van der Waals surface area contributed by atoms with Gasteiger partial charge >= 0.3 is 5.97 Å². The van der Waals surface area contributed by atoms with Gasteiger partial charge in [0.15, 0.2) is 5.78 Å². The average Bonchev–Trinajstić information content (AvgIpc) is 2.77. The molecule has 0 aliphatic heterocycles. The number of hydrogen-bond acceptors (Lipinski definition) is 7. The second-order valence-electron chi connectivity index (χ2n) is 6.99. The first-order valence-corrected chi connectivity index (χ1v) is 11.2. The van der Waals surface area contributed by atoms with Crippen molar-refractivity contribution in [3.8, 4) is 5.75 Å². The quantitative estimate of drug-likeness (QED) is 0.321. The largest absolute Gasteiger partial charge is 0.489 e. The van der Waals surface area contributed by atoms with Crippen LogP contribution in [-0.4, -0.2) is 33.3 Å². The van der Waals surface area contributed by atoms with Crippen molar-refractivity contribution in [2.75, 3.05) is 7.11 Å². The number of carbonyl (C=O) groups excluding carboxylic acids is 2. The Bertz CT molecular complexity index is 1050. The van der Waals surface area contributed by atoms with E-state index in [-0.39, 0.29) is 19.0 Å². The molecular formula is C21H24N2O7S. The Morgan fingerprint density at radius 3 is 2.45 bits per heavy atom. The number of ketones is 1. The number of rotatable bonds is 12. The van der Waals surface area contributed by atoms with Crippen LogP contribution in [0.5, 0.6) is 5.75 Å². The van der Waals surface area contributed by atoms with Crippen molar-refractivity contribution in [1.82, 2.24) is 9.61 Å². The van der Waals surface area contributed by atoms with Crippen molar-refractivity contribution in [2.24, 2.45) is 0 Å². The third-order valence-corrected chi connectivity index (χ3v) is 5.63. The summed E-state index contributed by atoms with van der Waals surface area (Å²) in [5.41, 5.74) is 2.95. The maximum Gasteiger partial charge on any atom is 0.323 e. The molecule has 2 aromatic carbocycles. The summed E-state index contributed by atoms with van der Waals surface area (Å²) in [6.45, 7) is 2.07. The molecule has 10 heteroatoms. The Labute approximate surface area is 180 Å². The summed E-state index contributed by atoms with van der Waals surface area (Å²) in [4.78, 5) is 30.3. The minimum Gasteiger partial charge on any atom is -0.489 e. The minimum absolute atomic E-state index is 0.0298. The van der Waals surface area contributed by atoms with E-state index in [9.17, 15) is 18.0 Å². The van der Waals surface area contributed by atoms with Crippen LogP contribution in [-0.2, 0) is 37.8 Å². The topological polar surface area (TPSA) is 120 Å². The zero-order valence-corrected chi connectivity index (χ0v) is 18.0. The molecule has 0 amide bonds. The second-order valence-corrected chi connectivity index (χ2v) is 8.40. The Morgan fingerprint density at radius 2 is 1.84 bits per heavy atom. The maximum absolute atomic E-state index is 12.1. The van der Waals surface area contributed by atoms with Crippen molar-refractivity contribution < 1.29 is 32.3 Å². The van der Waals surface area contributed by atoms with Crippen molar-refractivity contribution in [3.63, 3.8) is 0 Å². The van der Waals surface area contributed by atoms with Crippen LogP contribution < -0.4 is 14.3 Å². The molecule has 9 nitrogen and oxygen atoms in total. The SMILES string of the molecule is CCCC(NS(=O)(=O)NOCc1ccc(OCc2ccc3cc2C3=O)cc1)C(=O)OC. The van der Waals surface area contributed by atoms with Gasteiger partial charge in [0, 0.05) is 16.7 Å². The number of esters is 1. The van der Waals surface area contributed by atoms with Crippen LogP contribution in [0.4, 0.5) is 0 Å². The summed E-state index contributed by atoms with van der Waals surface area (Å²) < 4.78 is 36.6. The van der Waals surface area contributed by atoms with Gasteiger partial charge in [-0.05, 0) is 30.2 Å². The van der Waals surface area contributed by atoms with E-state index in [1.165, 1.54) is 7.11 Å². The third-order valence-electron chi connectivity index (χ3n) is 4.70. The van der Waals surface area contributed by atoms with Crippen LogP contribution in [0.2, 0.25) is 0 Å². The van der Waals surface area contributed by atoms with Gasteiger partial charge in [-0.3, -0.25) is 14.4 Å². The standard InChI is InChI=1S/C21H24N2O7S/c1-3-4-19(21(25)28-2)22-31(26,27)23-30-12-14-5-9-17(10-6-14)29-13-16-8-7-15-11-18(16)20(15)24/h5-11,19,22-23H,3-4,12-13H2,1-2H3. The van der Waals surface area contributed by atoms with Crippen LogP contribution in [0.15, 0.2) is 42.5 Å². The molecule has 1 unspecified atom stereocenters. The van der Waals surface area contributed by atoms with E-state index in [0.29, 0.717) is 29.7 Å². The fourth-order valence-corrected chi connectivity index (χ4v) is 3.88. The fourth-order valence-electron chi connectivity index (χ4n) is 3.03. The summed E-state index contributed by atoms with van der Waals surface area (Å²) in [7, 11) is -2.86. The first kappa shape index (κ1) is 22.9. The van der Waals surface area contributed by atoms with E-state index in [0.717, 1.165) is 11.1 Å². The van der Waals surface area contributed by atoms with E-state index >= 15 is 0 Å². The monoisotopic (exact) mass is 448 g/mol. The van der Waals surface area contributed by atoms with Crippen LogP contribution in [0.25, 0.3) is 0 Å². The first-order valence-electron chi connectivity index (χ1n) is 9.71. The van der Waals surface area contributed by atoms with E-state index < -0.39 is 22.2 Å². The van der Waals surface area contributed by atoms with Crippen LogP contribution in [0.3, 0.4) is 0 Å². The molecule has 2 bridgehead atoms. The number of fused-ring (bicyclic) bond motifs is 2. The van der Waals surface area contributed by atoms with Gasteiger partial charge in [-0.15, -0.1) is 0 Å². The number of methoxy groups -OCH3 is 1. The van der Waals surface area contributed by atoms with Crippen LogP contribution in [0, 0.1) is 0 Å². The molecule has 2 aliphatic rings. The second kappa shape index (κ2) is 10.0. The number of nitrogens with one attached hydrogen (secondary N) is 2. The van der Waals surface area contributed by atoms with Gasteiger partial charge in [0.25, 0.3) is 10.2 Å². The molecule has 1 atom stereocenters. The Hall–Kier alpha value is -2.79. The zero-order chi connectivity index (χ0) is 22.4. The number of carbonyl (C=O) groups is 2. The minimum atomic E-state index is -4.05. The lowest BCUT2D eigenvalue weighted by atomic mass is 9.87. The highest BCUT2D eigenvalue weighted by atomic mass is 32.2. The lowest BCUT2D eigenvalue weighted by Gasteiger charge is -2.18. The summed E-state index contributed by atoms with van der Waals surface area (Å²) in [6.07, 6.45) is 0.898. The summed E-state index contributed by atoms with van der Waals surface area (Å²) in [5.74, 6) is -0.00565. The normalized spacial score (nSPS) is 13.4. The van der Waals surface area contributed by atoms with E-state index in [4.69, 9.17) is 9.57 Å². The lowest BCUT2D eigenvalue weighted by Crippen LogP contribution is -2.46. The van der Waals surface area contributed by atoms with E-state index in [2.05, 4.69) is 9.46 Å². The van der Waals surface area contributed by atoms with Crippen molar-refractivity contribution in [1.29, 1.82) is 0 Å². The molecule has 0 spiro atoms. The van der Waals surface area contributed by atoms with E-state index in [1.54, 1.807) is 30.3 Å². The highest BCUT2D eigenvalue weighted by Gasteiger charge is 2.25. The van der Waals surface area contributed by atoms with Gasteiger partial charge in [0.05, 0.1) is 13.7 Å². The highest BCUT2D eigenvalue weighted by molar-refractivity contribution is 7.87. The number of ether oxygens (including phenoxy) is 2. The first-order chi connectivity index (χ1) is 14.8. The van der Waals surface area contributed by atoms with Gasteiger partial charge in [-0.25, -0.2) is 0 Å². The molecule has 2 aromatic rings. The van der Waals surface area contributed by atoms with Gasteiger partial charge in [-0.2, -0.15) is 13.1 Å². The number of benzene rings is 2. The molecular weight excluding hydrogens is 424 g/mol. The molecule has 0 radical (unpaired) electrons. The van der Waals surface area contributed by atoms with E-state index in [1.807, 2.05) is 23.9 Å². The zero-order valence-electron chi connectivity index (χ0n) is 17.2. The third kappa shape index (κ3) is 5.88. The molecule has 2 aliphatic carbocycles. The molecule has 0 saturated carbocycles. The number of hydrogen-bond donors (Lipinski definition) is 2. The highest BCUT2D eigenvalue weighted by Crippen LogP contribution is 2.26. The average molecular weight is 448 g/mol. The molecule has 0 heterocycles. The van der Waals surface area contributed by atoms with Gasteiger partial charge in [-0.1, -0.05) is 42.5 Å². The van der Waals surface area contributed by atoms with Gasteiger partial charge < -0.3 is 9.47 Å². The Morgan fingerprint density at radius 1 is 1.10 bits per heavy atom. The van der Waals surface area contributed by atoms with Gasteiger partial charge in [0.1, 0.15) is 18.4 Å². The van der Waals surface area contributed by atoms with Crippen LogP contribution in [0.1, 0.15) is 46.8 Å². The van der Waals surface area contributed by atoms with Crippen LogP contribution >= 0.6 is 0 Å². The summed E-state index contributed by atoms with van der Waals surface area (Å²) in [6, 6.07) is 11.4. The Balaban J connectivity index is 1.45. The molecule has 0 aromatic heterocycles. The molecule has 166 valence electrons. The van der Waals surface area contributed by atoms with Crippen molar-refractivity contribution in [3.05, 3.63) is 64.7 Å². The summed E-state index contributed by atoms with van der Waals surface area (Å²) >= 11 is 0. The molecule has 0 fully saturated rings. The van der Waals surface area contributed by atoms with Gasteiger partial charge in [0.2, 0.25) is 0 Å². The maximum atomic E-state index is 12.1. The molecule has 2 N–H and O–H groups in total. The molecule has 0 saturated heterocycles.